The van der Waals surface area contributed by atoms with Crippen molar-refractivity contribution in [1.29, 1.82) is 0 Å². The van der Waals surface area contributed by atoms with Crippen LogP contribution in [0.4, 0.5) is 0 Å². The minimum absolute atomic E-state index is 0.252. The van der Waals surface area contributed by atoms with Crippen LogP contribution in [0.1, 0.15) is 28.4 Å². The third kappa shape index (κ3) is 3.64. The van der Waals surface area contributed by atoms with E-state index in [1.165, 1.54) is 5.56 Å². The molecule has 0 unspecified atom stereocenters. The molecule has 1 aliphatic rings. The average molecular weight is 260 g/mol. The molecule has 104 valence electrons. The molecule has 3 nitrogen and oxygen atoms in total. The Balaban J connectivity index is 1.94. The maximum absolute atomic E-state index is 12.3. The number of nitrogens with zero attached hydrogens (tertiary/aromatic N) is 2. The number of Topliss-reactive ketones (excluding diaryl/α,β-unsaturated/α-hetero) is 1. The molecule has 0 saturated carbocycles. The Bertz CT molecular complexity index is 448. The number of benzene rings is 1. The summed E-state index contributed by atoms with van der Waals surface area (Å²) in [5.74, 6) is 0.252. The van der Waals surface area contributed by atoms with Crippen molar-refractivity contribution in [3.05, 3.63) is 34.9 Å². The molecule has 0 amide bonds. The van der Waals surface area contributed by atoms with Crippen LogP contribution in [0.2, 0.25) is 0 Å². The molecule has 2 rings (SSSR count). The summed E-state index contributed by atoms with van der Waals surface area (Å²) in [7, 11) is 0. The van der Waals surface area contributed by atoms with Crippen LogP contribution in [0.15, 0.2) is 18.2 Å². The van der Waals surface area contributed by atoms with Gasteiger partial charge in [-0.15, -0.1) is 0 Å². The number of hydrogen-bond acceptors (Lipinski definition) is 3. The van der Waals surface area contributed by atoms with E-state index in [0.717, 1.165) is 43.9 Å². The SMILES string of the molecule is CCN1CCN(CC(=O)c2ccc(C)cc2C)CC1. The molecular formula is C16H24N2O. The first kappa shape index (κ1) is 14.2. The molecule has 0 atom stereocenters. The topological polar surface area (TPSA) is 23.6 Å². The van der Waals surface area contributed by atoms with Gasteiger partial charge in [-0.3, -0.25) is 9.69 Å². The number of piperazine rings is 1. The molecule has 1 aromatic rings. The highest BCUT2D eigenvalue weighted by Gasteiger charge is 2.19. The lowest BCUT2D eigenvalue weighted by molar-refractivity contribution is 0.0858. The molecule has 0 bridgehead atoms. The van der Waals surface area contributed by atoms with Crippen molar-refractivity contribution in [3.8, 4) is 0 Å². The second kappa shape index (κ2) is 6.31. The van der Waals surface area contributed by atoms with E-state index in [1.807, 2.05) is 19.1 Å². The van der Waals surface area contributed by atoms with Crippen LogP contribution in [0, 0.1) is 13.8 Å². The van der Waals surface area contributed by atoms with Crippen LogP contribution in [0.25, 0.3) is 0 Å². The zero-order valence-corrected chi connectivity index (χ0v) is 12.3. The van der Waals surface area contributed by atoms with Crippen molar-refractivity contribution < 1.29 is 4.79 Å². The fourth-order valence-electron chi connectivity index (χ4n) is 2.68. The van der Waals surface area contributed by atoms with Gasteiger partial charge >= 0.3 is 0 Å². The summed E-state index contributed by atoms with van der Waals surface area (Å²) in [6, 6.07) is 6.08. The number of carbonyl (C=O) groups excluding carboxylic acids is 1. The summed E-state index contributed by atoms with van der Waals surface area (Å²) in [6.07, 6.45) is 0. The highest BCUT2D eigenvalue weighted by Crippen LogP contribution is 2.12. The average Bonchev–Trinajstić information content (AvgIpc) is 2.39. The summed E-state index contributed by atoms with van der Waals surface area (Å²) < 4.78 is 0. The van der Waals surface area contributed by atoms with Crippen molar-refractivity contribution in [1.82, 2.24) is 9.80 Å². The van der Waals surface area contributed by atoms with Gasteiger partial charge in [0.2, 0.25) is 0 Å². The smallest absolute Gasteiger partial charge is 0.177 e. The van der Waals surface area contributed by atoms with Gasteiger partial charge in [0.1, 0.15) is 0 Å². The summed E-state index contributed by atoms with van der Waals surface area (Å²) >= 11 is 0. The number of hydrogen-bond donors (Lipinski definition) is 0. The van der Waals surface area contributed by atoms with Gasteiger partial charge in [0.25, 0.3) is 0 Å². The molecule has 0 aliphatic carbocycles. The second-order valence-electron chi connectivity index (χ2n) is 5.45. The van der Waals surface area contributed by atoms with E-state index in [1.54, 1.807) is 0 Å². The monoisotopic (exact) mass is 260 g/mol. The predicted molar refractivity (Wildman–Crippen MR) is 78.8 cm³/mol. The first-order valence-electron chi connectivity index (χ1n) is 7.15. The Morgan fingerprint density at radius 1 is 1.11 bits per heavy atom. The lowest BCUT2D eigenvalue weighted by atomic mass is 10.0. The Morgan fingerprint density at radius 3 is 2.32 bits per heavy atom. The largest absolute Gasteiger partial charge is 0.301 e. The molecule has 0 spiro atoms. The third-order valence-electron chi connectivity index (χ3n) is 3.96. The van der Waals surface area contributed by atoms with Gasteiger partial charge < -0.3 is 4.90 Å². The zero-order valence-electron chi connectivity index (χ0n) is 12.3. The van der Waals surface area contributed by atoms with Gasteiger partial charge in [-0.2, -0.15) is 0 Å². The molecule has 0 radical (unpaired) electrons. The summed E-state index contributed by atoms with van der Waals surface area (Å²) in [5, 5.41) is 0. The Kier molecular flexibility index (Phi) is 4.72. The van der Waals surface area contributed by atoms with Crippen LogP contribution >= 0.6 is 0 Å². The van der Waals surface area contributed by atoms with Gasteiger partial charge in [0.15, 0.2) is 5.78 Å². The number of ketones is 1. The van der Waals surface area contributed by atoms with Crippen LogP contribution in [0.3, 0.4) is 0 Å². The van der Waals surface area contributed by atoms with Gasteiger partial charge in [-0.05, 0) is 26.0 Å². The van der Waals surface area contributed by atoms with Crippen LogP contribution in [0.5, 0.6) is 0 Å². The third-order valence-corrected chi connectivity index (χ3v) is 3.96. The normalized spacial score (nSPS) is 17.6. The zero-order chi connectivity index (χ0) is 13.8. The van der Waals surface area contributed by atoms with Crippen LogP contribution in [-0.2, 0) is 0 Å². The van der Waals surface area contributed by atoms with Gasteiger partial charge in [-0.25, -0.2) is 0 Å². The van der Waals surface area contributed by atoms with Gasteiger partial charge in [-0.1, -0.05) is 30.7 Å². The molecule has 0 aromatic heterocycles. The Hall–Kier alpha value is -1.19. The van der Waals surface area contributed by atoms with E-state index in [0.29, 0.717) is 6.54 Å². The van der Waals surface area contributed by atoms with Gasteiger partial charge in [0.05, 0.1) is 6.54 Å². The summed E-state index contributed by atoms with van der Waals surface area (Å²) in [4.78, 5) is 17.0. The van der Waals surface area contributed by atoms with E-state index in [4.69, 9.17) is 0 Å². The first-order valence-corrected chi connectivity index (χ1v) is 7.15. The highest BCUT2D eigenvalue weighted by molar-refractivity contribution is 5.98. The molecule has 1 saturated heterocycles. The Morgan fingerprint density at radius 2 is 1.74 bits per heavy atom. The lowest BCUT2D eigenvalue weighted by Gasteiger charge is -2.33. The van der Waals surface area contributed by atoms with Crippen molar-refractivity contribution in [2.75, 3.05) is 39.3 Å². The van der Waals surface area contributed by atoms with Crippen molar-refractivity contribution >= 4 is 5.78 Å². The standard InChI is InChI=1S/C16H24N2O/c1-4-17-7-9-18(10-8-17)12-16(19)15-6-5-13(2)11-14(15)3/h5-6,11H,4,7-10,12H2,1-3H3. The Labute approximate surface area is 116 Å². The lowest BCUT2D eigenvalue weighted by Crippen LogP contribution is -2.47. The minimum Gasteiger partial charge on any atom is -0.301 e. The second-order valence-corrected chi connectivity index (χ2v) is 5.45. The first-order chi connectivity index (χ1) is 9.10. The molecular weight excluding hydrogens is 236 g/mol. The number of carbonyl (C=O) groups is 1. The minimum atomic E-state index is 0.252. The molecule has 1 heterocycles. The molecule has 1 fully saturated rings. The maximum Gasteiger partial charge on any atom is 0.177 e. The van der Waals surface area contributed by atoms with E-state index >= 15 is 0 Å². The maximum atomic E-state index is 12.3. The van der Waals surface area contributed by atoms with Crippen molar-refractivity contribution in [2.45, 2.75) is 20.8 Å². The fraction of sp³-hybridized carbons (Fsp3) is 0.562. The van der Waals surface area contributed by atoms with Crippen LogP contribution < -0.4 is 0 Å². The number of rotatable bonds is 4. The van der Waals surface area contributed by atoms with Gasteiger partial charge in [0, 0.05) is 31.7 Å². The quantitative estimate of drug-likeness (QED) is 0.775. The van der Waals surface area contributed by atoms with Crippen molar-refractivity contribution in [2.24, 2.45) is 0 Å². The van der Waals surface area contributed by atoms with E-state index in [9.17, 15) is 4.79 Å². The van der Waals surface area contributed by atoms with E-state index < -0.39 is 0 Å². The summed E-state index contributed by atoms with van der Waals surface area (Å²) in [6.45, 7) is 12.1. The van der Waals surface area contributed by atoms with Crippen molar-refractivity contribution in [3.63, 3.8) is 0 Å². The van der Waals surface area contributed by atoms with E-state index in [2.05, 4.69) is 29.7 Å². The number of likely N-dealkylation sites (N-methyl/N-ethyl adjacent to an activating group) is 1. The highest BCUT2D eigenvalue weighted by atomic mass is 16.1. The van der Waals surface area contributed by atoms with E-state index in [-0.39, 0.29) is 5.78 Å². The molecule has 1 aliphatic heterocycles. The fourth-order valence-corrected chi connectivity index (χ4v) is 2.68. The predicted octanol–water partition coefficient (Wildman–Crippen LogP) is 2.12. The summed E-state index contributed by atoms with van der Waals surface area (Å²) in [5.41, 5.74) is 3.19. The molecule has 3 heteroatoms. The molecule has 0 N–H and O–H groups in total. The van der Waals surface area contributed by atoms with Crippen LogP contribution in [-0.4, -0.2) is 54.9 Å². The number of aryl methyl sites for hydroxylation is 2. The molecule has 1 aromatic carbocycles. The molecule has 19 heavy (non-hydrogen) atoms.